The zero-order valence-electron chi connectivity index (χ0n) is 39.0. The predicted octanol–water partition coefficient (Wildman–Crippen LogP) is 16.0. The monoisotopic (exact) mass is 925 g/mol. The lowest BCUT2D eigenvalue weighted by Crippen LogP contribution is -2.40. The molecule has 1 spiro atoms. The average molecular weight is 926 g/mol. The van der Waals surface area contributed by atoms with Crippen molar-refractivity contribution < 1.29 is 0 Å². The summed E-state index contributed by atoms with van der Waals surface area (Å²) in [6.45, 7) is 4.73. The van der Waals surface area contributed by atoms with Gasteiger partial charge in [0.15, 0.2) is 23.3 Å². The molecule has 3 aromatic heterocycles. The van der Waals surface area contributed by atoms with E-state index in [-0.39, 0.29) is 5.41 Å². The zero-order chi connectivity index (χ0) is 47.3. The molecule has 0 saturated heterocycles. The Morgan fingerprint density at radius 3 is 1.48 bits per heavy atom. The van der Waals surface area contributed by atoms with E-state index < -0.39 is 5.41 Å². The smallest absolute Gasteiger partial charge is 0.164 e. The lowest BCUT2D eigenvalue weighted by Gasteiger charge is -2.46. The van der Waals surface area contributed by atoms with Crippen molar-refractivity contribution in [1.29, 1.82) is 0 Å². The number of benzene rings is 9. The molecule has 0 N–H and O–H groups in total. The topological polar surface area (TPSA) is 64.5 Å². The van der Waals surface area contributed by atoms with Gasteiger partial charge in [-0.25, -0.2) is 24.9 Å². The normalized spacial score (nSPS) is 13.7. The van der Waals surface area contributed by atoms with E-state index in [1.54, 1.807) is 11.3 Å². The highest BCUT2D eigenvalue weighted by atomic mass is 32.1. The van der Waals surface area contributed by atoms with E-state index >= 15 is 0 Å². The third-order valence-electron chi connectivity index (χ3n) is 14.9. The standard InChI is InChI=1S/C65H43N5S/c1-64(2)50-27-13-15-29-52(50)65(53-30-16-14-28-51(53)64)49-38-37-45(62-66-57(59-58(67-62)46-25-12-17-32-55(46)71-59)42-35-33-41(34-36-42)40-19-6-3-7-20-40)39-48(49)56-47(26-18-31-54(56)65)63-69-60(43-21-8-4-9-22-43)68-61(70-63)44-23-10-5-11-24-44/h3-39H,1-2H3. The average Bonchev–Trinajstić information content (AvgIpc) is 3.97. The van der Waals surface area contributed by atoms with E-state index in [9.17, 15) is 0 Å². The fourth-order valence-electron chi connectivity index (χ4n) is 11.6. The van der Waals surface area contributed by atoms with E-state index in [0.717, 1.165) is 65.8 Å². The summed E-state index contributed by atoms with van der Waals surface area (Å²) in [6, 6.07) is 80.2. The number of hydrogen-bond acceptors (Lipinski definition) is 6. The Kier molecular flexibility index (Phi) is 9.26. The Morgan fingerprint density at radius 2 is 0.831 bits per heavy atom. The molecule has 0 bridgehead atoms. The molecule has 6 heteroatoms. The van der Waals surface area contributed by atoms with Crippen molar-refractivity contribution in [1.82, 2.24) is 24.9 Å². The molecule has 0 atom stereocenters. The Bertz CT molecular complexity index is 3960. The van der Waals surface area contributed by atoms with Crippen LogP contribution >= 0.6 is 11.3 Å². The summed E-state index contributed by atoms with van der Waals surface area (Å²) in [7, 11) is 0. The molecule has 0 amide bonds. The van der Waals surface area contributed by atoms with Crippen LogP contribution in [-0.4, -0.2) is 24.9 Å². The van der Waals surface area contributed by atoms with Crippen LogP contribution in [0.2, 0.25) is 0 Å². The molecule has 14 rings (SSSR count). The Hall–Kier alpha value is -8.71. The summed E-state index contributed by atoms with van der Waals surface area (Å²) in [4.78, 5) is 26.9. The molecule has 9 aromatic carbocycles. The fourth-order valence-corrected chi connectivity index (χ4v) is 12.7. The number of aromatic nitrogens is 5. The van der Waals surface area contributed by atoms with E-state index in [4.69, 9.17) is 24.9 Å². The second-order valence-electron chi connectivity index (χ2n) is 19.1. The van der Waals surface area contributed by atoms with Crippen molar-refractivity contribution in [2.45, 2.75) is 24.7 Å². The summed E-state index contributed by atoms with van der Waals surface area (Å²) in [5.41, 5.74) is 17.9. The van der Waals surface area contributed by atoms with Crippen LogP contribution in [0.1, 0.15) is 47.2 Å². The molecule has 5 nitrogen and oxygen atoms in total. The first-order valence-corrected chi connectivity index (χ1v) is 25.0. The third kappa shape index (κ3) is 6.28. The van der Waals surface area contributed by atoms with Crippen LogP contribution in [0, 0.1) is 0 Å². The maximum atomic E-state index is 5.55. The van der Waals surface area contributed by atoms with Crippen molar-refractivity contribution in [3.63, 3.8) is 0 Å². The maximum Gasteiger partial charge on any atom is 0.164 e. The SMILES string of the molecule is CC1(C)c2ccccc2C2(c3ccc(-c4nc(-c5ccc(-c6ccccc6)cc5)c5sc6ccccc6c5n4)cc3-c3c(-c4nc(-c5ccccc5)nc(-c5ccccc5)n4)cccc32)c2ccccc21. The summed E-state index contributed by atoms with van der Waals surface area (Å²) in [6.07, 6.45) is 0. The molecule has 12 aromatic rings. The molecular formula is C65H43N5S. The van der Waals surface area contributed by atoms with Gasteiger partial charge in [0.1, 0.15) is 0 Å². The quantitative estimate of drug-likeness (QED) is 0.166. The molecule has 0 aliphatic heterocycles. The van der Waals surface area contributed by atoms with Crippen LogP contribution in [-0.2, 0) is 10.8 Å². The second-order valence-corrected chi connectivity index (χ2v) is 20.2. The van der Waals surface area contributed by atoms with Gasteiger partial charge in [0.2, 0.25) is 0 Å². The van der Waals surface area contributed by atoms with Gasteiger partial charge < -0.3 is 0 Å². The van der Waals surface area contributed by atoms with Gasteiger partial charge in [0.25, 0.3) is 0 Å². The summed E-state index contributed by atoms with van der Waals surface area (Å²) in [5, 5.41) is 1.13. The first-order valence-electron chi connectivity index (χ1n) is 24.2. The Balaban J connectivity index is 1.05. The van der Waals surface area contributed by atoms with E-state index in [2.05, 4.69) is 202 Å². The third-order valence-corrected chi connectivity index (χ3v) is 16.0. The highest BCUT2D eigenvalue weighted by molar-refractivity contribution is 7.26. The van der Waals surface area contributed by atoms with E-state index in [0.29, 0.717) is 23.3 Å². The molecular weight excluding hydrogens is 883 g/mol. The number of fused-ring (bicyclic) bond motifs is 12. The first kappa shape index (κ1) is 41.3. The van der Waals surface area contributed by atoms with Gasteiger partial charge in [-0.2, -0.15) is 0 Å². The van der Waals surface area contributed by atoms with Crippen LogP contribution in [0.15, 0.2) is 224 Å². The number of nitrogens with zero attached hydrogens (tertiary/aromatic N) is 5. The van der Waals surface area contributed by atoms with Crippen molar-refractivity contribution in [3.05, 3.63) is 258 Å². The lowest BCUT2D eigenvalue weighted by molar-refractivity contribution is 0.563. The van der Waals surface area contributed by atoms with Gasteiger partial charge >= 0.3 is 0 Å². The van der Waals surface area contributed by atoms with Crippen LogP contribution in [0.4, 0.5) is 0 Å². The lowest BCUT2D eigenvalue weighted by atomic mass is 9.55. The first-order chi connectivity index (χ1) is 34.9. The van der Waals surface area contributed by atoms with Gasteiger partial charge in [0.05, 0.1) is 21.3 Å². The minimum atomic E-state index is -0.653. The van der Waals surface area contributed by atoms with Crippen molar-refractivity contribution in [3.8, 4) is 79.1 Å². The van der Waals surface area contributed by atoms with Crippen LogP contribution in [0.25, 0.3) is 99.4 Å². The summed E-state index contributed by atoms with van der Waals surface area (Å²) >= 11 is 1.75. The highest BCUT2D eigenvalue weighted by Gasteiger charge is 2.54. The number of rotatable bonds is 6. The van der Waals surface area contributed by atoms with Crippen LogP contribution < -0.4 is 0 Å². The number of hydrogen-bond donors (Lipinski definition) is 0. The van der Waals surface area contributed by atoms with Crippen molar-refractivity contribution >= 4 is 31.6 Å². The second kappa shape index (κ2) is 15.9. The molecule has 334 valence electrons. The molecule has 3 heterocycles. The fraction of sp³-hybridized carbons (Fsp3) is 0.0615. The van der Waals surface area contributed by atoms with Gasteiger partial charge in [0, 0.05) is 43.3 Å². The molecule has 0 unspecified atom stereocenters. The molecule has 0 saturated carbocycles. The largest absolute Gasteiger partial charge is 0.226 e. The minimum Gasteiger partial charge on any atom is -0.226 e. The van der Waals surface area contributed by atoms with Gasteiger partial charge in [-0.1, -0.05) is 226 Å². The van der Waals surface area contributed by atoms with Crippen molar-refractivity contribution in [2.75, 3.05) is 0 Å². The Morgan fingerprint density at radius 1 is 0.338 bits per heavy atom. The molecule has 71 heavy (non-hydrogen) atoms. The molecule has 0 radical (unpaired) electrons. The minimum absolute atomic E-state index is 0.245. The maximum absolute atomic E-state index is 5.55. The number of thiophene rings is 1. The van der Waals surface area contributed by atoms with E-state index in [1.807, 2.05) is 36.4 Å². The van der Waals surface area contributed by atoms with Crippen LogP contribution in [0.3, 0.4) is 0 Å². The molecule has 2 aliphatic rings. The van der Waals surface area contributed by atoms with Crippen molar-refractivity contribution in [2.24, 2.45) is 0 Å². The van der Waals surface area contributed by atoms with Crippen LogP contribution in [0.5, 0.6) is 0 Å². The molecule has 2 aliphatic carbocycles. The summed E-state index contributed by atoms with van der Waals surface area (Å²) in [5.74, 6) is 2.54. The van der Waals surface area contributed by atoms with Gasteiger partial charge in [-0.05, 0) is 67.8 Å². The zero-order valence-corrected chi connectivity index (χ0v) is 39.8. The summed E-state index contributed by atoms with van der Waals surface area (Å²) < 4.78 is 2.26. The molecule has 0 fully saturated rings. The predicted molar refractivity (Wildman–Crippen MR) is 290 cm³/mol. The highest BCUT2D eigenvalue weighted by Crippen LogP contribution is 2.63. The van der Waals surface area contributed by atoms with E-state index in [1.165, 1.54) is 43.6 Å². The Labute approximate surface area is 415 Å². The van der Waals surface area contributed by atoms with Gasteiger partial charge in [-0.15, -0.1) is 11.3 Å². The van der Waals surface area contributed by atoms with Gasteiger partial charge in [-0.3, -0.25) is 0 Å².